The Labute approximate surface area is 119 Å². The number of rotatable bonds is 4. The second kappa shape index (κ2) is 6.08. The van der Waals surface area contributed by atoms with Gasteiger partial charge in [0, 0.05) is 25.7 Å². The van der Waals surface area contributed by atoms with Crippen LogP contribution < -0.4 is 10.5 Å². The van der Waals surface area contributed by atoms with Gasteiger partial charge in [-0.05, 0) is 39.5 Å². The summed E-state index contributed by atoms with van der Waals surface area (Å²) < 4.78 is 1.45. The number of anilines is 1. The van der Waals surface area contributed by atoms with Crippen LogP contribution in [-0.4, -0.2) is 22.9 Å². The van der Waals surface area contributed by atoms with Crippen molar-refractivity contribution < 1.29 is 0 Å². The van der Waals surface area contributed by atoms with Gasteiger partial charge in [0.1, 0.15) is 0 Å². The van der Waals surface area contributed by atoms with Gasteiger partial charge in [0.2, 0.25) is 0 Å². The summed E-state index contributed by atoms with van der Waals surface area (Å²) in [6.07, 6.45) is 6.02. The molecule has 0 atom stereocenters. The lowest BCUT2D eigenvalue weighted by atomic mass is 9.92. The van der Waals surface area contributed by atoms with Crippen LogP contribution in [0.25, 0.3) is 0 Å². The largest absolute Gasteiger partial charge is 0.370 e. The minimum absolute atomic E-state index is 0.0817. The van der Waals surface area contributed by atoms with Gasteiger partial charge in [0.05, 0.1) is 23.4 Å². The molecule has 0 bridgehead atoms. The third-order valence-corrected chi connectivity index (χ3v) is 3.83. The molecule has 20 heavy (non-hydrogen) atoms. The van der Waals surface area contributed by atoms with Gasteiger partial charge in [-0.2, -0.15) is 10.4 Å². The monoisotopic (exact) mass is 274 g/mol. The molecule has 0 unspecified atom stereocenters. The topological polar surface area (TPSA) is 61.9 Å². The lowest BCUT2D eigenvalue weighted by Crippen LogP contribution is -2.32. The van der Waals surface area contributed by atoms with Crippen molar-refractivity contribution in [1.29, 1.82) is 5.26 Å². The Balaban J connectivity index is 2.06. The van der Waals surface area contributed by atoms with E-state index in [1.807, 2.05) is 13.8 Å². The predicted octanol–water partition coefficient (Wildman–Crippen LogP) is 2.17. The first kappa shape index (κ1) is 14.6. The van der Waals surface area contributed by atoms with Gasteiger partial charge in [-0.15, -0.1) is 0 Å². The highest BCUT2D eigenvalue weighted by atomic mass is 16.1. The molecule has 1 fully saturated rings. The number of hydrogen-bond donors (Lipinski definition) is 0. The Hall–Kier alpha value is -1.83. The molecule has 108 valence electrons. The van der Waals surface area contributed by atoms with E-state index >= 15 is 0 Å². The maximum absolute atomic E-state index is 12.1. The van der Waals surface area contributed by atoms with Crippen molar-refractivity contribution in [3.8, 4) is 6.07 Å². The highest BCUT2D eigenvalue weighted by Gasteiger charge is 2.17. The normalized spacial score (nSPS) is 15.9. The molecule has 0 N–H and O–H groups in total. The first-order valence-electron chi connectivity index (χ1n) is 7.25. The summed E-state index contributed by atoms with van der Waals surface area (Å²) in [6.45, 7) is 6.25. The Morgan fingerprint density at radius 1 is 1.35 bits per heavy atom. The van der Waals surface area contributed by atoms with Crippen LogP contribution in [0, 0.1) is 16.7 Å². The molecular weight excluding hydrogens is 252 g/mol. The average molecular weight is 274 g/mol. The van der Waals surface area contributed by atoms with E-state index in [4.69, 9.17) is 5.26 Å². The minimum Gasteiger partial charge on any atom is -0.370 e. The zero-order chi connectivity index (χ0) is 14.6. The molecule has 1 saturated heterocycles. The molecule has 2 rings (SSSR count). The Morgan fingerprint density at radius 3 is 2.65 bits per heavy atom. The quantitative estimate of drug-likeness (QED) is 0.844. The summed E-state index contributed by atoms with van der Waals surface area (Å²) in [6, 6.07) is 3.91. The molecular formula is C15H22N4O. The number of nitriles is 1. The summed E-state index contributed by atoms with van der Waals surface area (Å²) in [7, 11) is 0. The molecule has 5 heteroatoms. The van der Waals surface area contributed by atoms with Crippen LogP contribution in [0.1, 0.15) is 39.5 Å². The second-order valence-electron chi connectivity index (χ2n) is 6.07. The number of nitrogens with zero attached hydrogens (tertiary/aromatic N) is 4. The molecule has 1 aliphatic rings. The summed E-state index contributed by atoms with van der Waals surface area (Å²) in [5, 5.41) is 13.2. The van der Waals surface area contributed by atoms with Crippen LogP contribution >= 0.6 is 0 Å². The molecule has 1 aliphatic heterocycles. The Kier molecular flexibility index (Phi) is 4.43. The molecule has 1 aromatic heterocycles. The van der Waals surface area contributed by atoms with Crippen LogP contribution in [0.3, 0.4) is 0 Å². The van der Waals surface area contributed by atoms with E-state index in [1.54, 1.807) is 12.3 Å². The summed E-state index contributed by atoms with van der Waals surface area (Å²) in [5.41, 5.74) is 0.416. The molecule has 1 aromatic rings. The zero-order valence-electron chi connectivity index (χ0n) is 12.3. The summed E-state index contributed by atoms with van der Waals surface area (Å²) in [4.78, 5) is 14.3. The maximum Gasteiger partial charge on any atom is 0.268 e. The standard InChI is InChI=1S/C15H22N4O/c1-15(2,12-16)6-9-19-14(20)10-13(11-17-19)18-7-4-3-5-8-18/h10-11H,3-9H2,1-2H3. The van der Waals surface area contributed by atoms with Crippen LogP contribution in [0.15, 0.2) is 17.1 Å². The van der Waals surface area contributed by atoms with Crippen molar-refractivity contribution >= 4 is 5.69 Å². The Morgan fingerprint density at radius 2 is 2.05 bits per heavy atom. The van der Waals surface area contributed by atoms with Gasteiger partial charge in [-0.25, -0.2) is 4.68 Å². The number of aryl methyl sites for hydroxylation is 1. The maximum atomic E-state index is 12.1. The molecule has 0 saturated carbocycles. The molecule has 0 aliphatic carbocycles. The number of hydrogen-bond acceptors (Lipinski definition) is 4. The number of piperidine rings is 1. The lowest BCUT2D eigenvalue weighted by Gasteiger charge is -2.28. The smallest absolute Gasteiger partial charge is 0.268 e. The molecule has 0 radical (unpaired) electrons. The van der Waals surface area contributed by atoms with Gasteiger partial charge in [0.25, 0.3) is 5.56 Å². The highest BCUT2D eigenvalue weighted by Crippen LogP contribution is 2.19. The van der Waals surface area contributed by atoms with Gasteiger partial charge in [-0.3, -0.25) is 4.79 Å². The van der Waals surface area contributed by atoms with Crippen LogP contribution in [0.5, 0.6) is 0 Å². The van der Waals surface area contributed by atoms with Crippen LogP contribution in [0.4, 0.5) is 5.69 Å². The van der Waals surface area contributed by atoms with Crippen LogP contribution in [-0.2, 0) is 6.54 Å². The minimum atomic E-state index is -0.424. The predicted molar refractivity (Wildman–Crippen MR) is 78.6 cm³/mol. The van der Waals surface area contributed by atoms with Crippen molar-refractivity contribution in [1.82, 2.24) is 9.78 Å². The van der Waals surface area contributed by atoms with Gasteiger partial charge >= 0.3 is 0 Å². The third kappa shape index (κ3) is 3.60. The molecule has 0 amide bonds. The van der Waals surface area contributed by atoms with Gasteiger partial charge in [-0.1, -0.05) is 0 Å². The molecule has 0 aromatic carbocycles. The van der Waals surface area contributed by atoms with E-state index in [2.05, 4.69) is 16.1 Å². The first-order valence-corrected chi connectivity index (χ1v) is 7.25. The van der Waals surface area contributed by atoms with Crippen molar-refractivity contribution in [3.63, 3.8) is 0 Å². The van der Waals surface area contributed by atoms with E-state index in [0.717, 1.165) is 18.8 Å². The van der Waals surface area contributed by atoms with Crippen molar-refractivity contribution in [2.75, 3.05) is 18.0 Å². The second-order valence-corrected chi connectivity index (χ2v) is 6.07. The lowest BCUT2D eigenvalue weighted by molar-refractivity contribution is 0.391. The van der Waals surface area contributed by atoms with E-state index in [1.165, 1.54) is 23.9 Å². The fourth-order valence-corrected chi connectivity index (χ4v) is 2.36. The van der Waals surface area contributed by atoms with E-state index in [0.29, 0.717) is 13.0 Å². The van der Waals surface area contributed by atoms with Crippen LogP contribution in [0.2, 0.25) is 0 Å². The average Bonchev–Trinajstić information content (AvgIpc) is 2.47. The van der Waals surface area contributed by atoms with Gasteiger partial charge in [0.15, 0.2) is 0 Å². The van der Waals surface area contributed by atoms with Gasteiger partial charge < -0.3 is 4.90 Å². The fourth-order valence-electron chi connectivity index (χ4n) is 2.36. The molecule has 0 spiro atoms. The first-order chi connectivity index (χ1) is 9.52. The van der Waals surface area contributed by atoms with E-state index in [9.17, 15) is 4.79 Å². The van der Waals surface area contributed by atoms with Crippen molar-refractivity contribution in [2.24, 2.45) is 5.41 Å². The fraction of sp³-hybridized carbons (Fsp3) is 0.667. The summed E-state index contributed by atoms with van der Waals surface area (Å²) >= 11 is 0. The number of aromatic nitrogens is 2. The Bertz CT molecular complexity index is 550. The van der Waals surface area contributed by atoms with E-state index in [-0.39, 0.29) is 5.56 Å². The van der Waals surface area contributed by atoms with Crippen molar-refractivity contribution in [2.45, 2.75) is 46.1 Å². The zero-order valence-corrected chi connectivity index (χ0v) is 12.3. The SMILES string of the molecule is CC(C)(C#N)CCn1ncc(N2CCCCC2)cc1=O. The van der Waals surface area contributed by atoms with Crippen molar-refractivity contribution in [3.05, 3.63) is 22.6 Å². The van der Waals surface area contributed by atoms with E-state index < -0.39 is 5.41 Å². The molecule has 2 heterocycles. The third-order valence-electron chi connectivity index (χ3n) is 3.83. The summed E-state index contributed by atoms with van der Waals surface area (Å²) in [5.74, 6) is 0. The molecule has 5 nitrogen and oxygen atoms in total. The highest BCUT2D eigenvalue weighted by molar-refractivity contribution is 5.43.